The molecule has 0 amide bonds. The van der Waals surface area contributed by atoms with Gasteiger partial charge in [0.25, 0.3) is 0 Å². The fourth-order valence-corrected chi connectivity index (χ4v) is 2.28. The van der Waals surface area contributed by atoms with Gasteiger partial charge in [0.05, 0.1) is 7.11 Å². The zero-order valence-corrected chi connectivity index (χ0v) is 12.9. The Morgan fingerprint density at radius 2 is 1.76 bits per heavy atom. The Kier molecular flexibility index (Phi) is 4.63. The molecular formula is C18H20O3. The summed E-state index contributed by atoms with van der Waals surface area (Å²) in [6.45, 7) is 6.52. The SMILES string of the molecule is COc1ccc(C=O)cc1COc1c(C)ccc(C)c1C. The minimum Gasteiger partial charge on any atom is -0.496 e. The van der Waals surface area contributed by atoms with Gasteiger partial charge >= 0.3 is 0 Å². The van der Waals surface area contributed by atoms with Gasteiger partial charge in [-0.25, -0.2) is 0 Å². The van der Waals surface area contributed by atoms with Crippen LogP contribution in [0.4, 0.5) is 0 Å². The van der Waals surface area contributed by atoms with Gasteiger partial charge in [-0.15, -0.1) is 0 Å². The standard InChI is InChI=1S/C18H20O3/c1-12-5-6-13(2)18(14(12)3)21-11-16-9-15(10-19)7-8-17(16)20-4/h5-10H,11H2,1-4H3. The third-order valence-corrected chi connectivity index (χ3v) is 3.69. The van der Waals surface area contributed by atoms with E-state index in [1.54, 1.807) is 25.3 Å². The number of hydrogen-bond acceptors (Lipinski definition) is 3. The highest BCUT2D eigenvalue weighted by Crippen LogP contribution is 2.28. The summed E-state index contributed by atoms with van der Waals surface area (Å²) in [4.78, 5) is 10.9. The fourth-order valence-electron chi connectivity index (χ4n) is 2.28. The molecule has 0 aliphatic carbocycles. The lowest BCUT2D eigenvalue weighted by molar-refractivity contribution is 0.112. The molecule has 3 nitrogen and oxygen atoms in total. The minimum atomic E-state index is 0.371. The molecule has 0 aromatic heterocycles. The van der Waals surface area contributed by atoms with Gasteiger partial charge in [0, 0.05) is 11.1 Å². The second kappa shape index (κ2) is 6.44. The van der Waals surface area contributed by atoms with E-state index in [1.807, 2.05) is 6.92 Å². The Balaban J connectivity index is 2.28. The van der Waals surface area contributed by atoms with Gasteiger partial charge in [-0.3, -0.25) is 4.79 Å². The number of hydrogen-bond donors (Lipinski definition) is 0. The maximum absolute atomic E-state index is 10.9. The van der Waals surface area contributed by atoms with Crippen LogP contribution in [-0.2, 0) is 6.61 Å². The Morgan fingerprint density at radius 1 is 1.05 bits per heavy atom. The van der Waals surface area contributed by atoms with Crippen molar-refractivity contribution < 1.29 is 14.3 Å². The molecule has 0 saturated heterocycles. The van der Waals surface area contributed by atoms with Gasteiger partial charge in [0.2, 0.25) is 0 Å². The van der Waals surface area contributed by atoms with Crippen LogP contribution in [0.15, 0.2) is 30.3 Å². The van der Waals surface area contributed by atoms with Crippen LogP contribution in [0, 0.1) is 20.8 Å². The van der Waals surface area contributed by atoms with Crippen molar-refractivity contribution in [3.05, 3.63) is 58.1 Å². The molecule has 0 fully saturated rings. The molecule has 2 aromatic carbocycles. The molecule has 0 saturated carbocycles. The third kappa shape index (κ3) is 3.24. The number of methoxy groups -OCH3 is 1. The highest BCUT2D eigenvalue weighted by atomic mass is 16.5. The normalized spacial score (nSPS) is 10.3. The molecule has 21 heavy (non-hydrogen) atoms. The van der Waals surface area contributed by atoms with E-state index in [0.717, 1.165) is 34.5 Å². The molecule has 0 heterocycles. The van der Waals surface area contributed by atoms with Crippen LogP contribution in [0.1, 0.15) is 32.6 Å². The van der Waals surface area contributed by atoms with Crippen molar-refractivity contribution in [1.82, 2.24) is 0 Å². The van der Waals surface area contributed by atoms with Crippen molar-refractivity contribution in [2.45, 2.75) is 27.4 Å². The summed E-state index contributed by atoms with van der Waals surface area (Å²) in [5, 5.41) is 0. The zero-order valence-electron chi connectivity index (χ0n) is 12.9. The van der Waals surface area contributed by atoms with Gasteiger partial charge in [-0.05, 0) is 55.7 Å². The van der Waals surface area contributed by atoms with Crippen molar-refractivity contribution in [1.29, 1.82) is 0 Å². The summed E-state index contributed by atoms with van der Waals surface area (Å²) in [6.07, 6.45) is 0.826. The number of carbonyl (C=O) groups excluding carboxylic acids is 1. The van der Waals surface area contributed by atoms with E-state index < -0.39 is 0 Å². The molecule has 0 bridgehead atoms. The number of ether oxygens (including phenoxy) is 2. The average Bonchev–Trinajstić information content (AvgIpc) is 2.50. The van der Waals surface area contributed by atoms with Gasteiger partial charge in [-0.2, -0.15) is 0 Å². The number of rotatable bonds is 5. The van der Waals surface area contributed by atoms with Crippen molar-refractivity contribution in [2.75, 3.05) is 7.11 Å². The van der Waals surface area contributed by atoms with Gasteiger partial charge < -0.3 is 9.47 Å². The summed E-state index contributed by atoms with van der Waals surface area (Å²) < 4.78 is 11.3. The van der Waals surface area contributed by atoms with Crippen LogP contribution >= 0.6 is 0 Å². The summed E-state index contributed by atoms with van der Waals surface area (Å²) in [6, 6.07) is 9.46. The molecule has 0 spiro atoms. The molecule has 3 heteroatoms. The second-order valence-electron chi connectivity index (χ2n) is 5.13. The van der Waals surface area contributed by atoms with Crippen LogP contribution < -0.4 is 9.47 Å². The van der Waals surface area contributed by atoms with E-state index in [4.69, 9.17) is 9.47 Å². The van der Waals surface area contributed by atoms with Crippen LogP contribution in [0.2, 0.25) is 0 Å². The average molecular weight is 284 g/mol. The summed E-state index contributed by atoms with van der Waals surface area (Å²) >= 11 is 0. The maximum atomic E-state index is 10.9. The second-order valence-corrected chi connectivity index (χ2v) is 5.13. The number of carbonyl (C=O) groups is 1. The Labute approximate surface area is 125 Å². The predicted molar refractivity (Wildman–Crippen MR) is 83.4 cm³/mol. The van der Waals surface area contributed by atoms with E-state index in [0.29, 0.717) is 12.2 Å². The van der Waals surface area contributed by atoms with E-state index in [1.165, 1.54) is 5.56 Å². The number of benzene rings is 2. The van der Waals surface area contributed by atoms with Crippen LogP contribution in [0.5, 0.6) is 11.5 Å². The molecule has 2 aromatic rings. The quantitative estimate of drug-likeness (QED) is 0.778. The highest BCUT2D eigenvalue weighted by Gasteiger charge is 2.09. The number of aryl methyl sites for hydroxylation is 2. The molecular weight excluding hydrogens is 264 g/mol. The van der Waals surface area contributed by atoms with E-state index >= 15 is 0 Å². The van der Waals surface area contributed by atoms with Gasteiger partial charge in [0.15, 0.2) is 0 Å². The van der Waals surface area contributed by atoms with Crippen molar-refractivity contribution in [2.24, 2.45) is 0 Å². The Hall–Kier alpha value is -2.29. The zero-order chi connectivity index (χ0) is 15.4. The fraction of sp³-hybridized carbons (Fsp3) is 0.278. The topological polar surface area (TPSA) is 35.5 Å². The molecule has 0 radical (unpaired) electrons. The number of aldehydes is 1. The van der Waals surface area contributed by atoms with E-state index in [9.17, 15) is 4.79 Å². The maximum Gasteiger partial charge on any atom is 0.150 e. The van der Waals surface area contributed by atoms with Crippen LogP contribution in [-0.4, -0.2) is 13.4 Å². The van der Waals surface area contributed by atoms with Gasteiger partial charge in [0.1, 0.15) is 24.4 Å². The van der Waals surface area contributed by atoms with E-state index in [2.05, 4.69) is 26.0 Å². The minimum absolute atomic E-state index is 0.371. The highest BCUT2D eigenvalue weighted by molar-refractivity contribution is 5.75. The molecule has 110 valence electrons. The first-order chi connectivity index (χ1) is 10.1. The third-order valence-electron chi connectivity index (χ3n) is 3.69. The Morgan fingerprint density at radius 3 is 2.43 bits per heavy atom. The van der Waals surface area contributed by atoms with Crippen LogP contribution in [0.25, 0.3) is 0 Å². The molecule has 0 aliphatic rings. The van der Waals surface area contributed by atoms with Crippen LogP contribution in [0.3, 0.4) is 0 Å². The first kappa shape index (κ1) is 15.1. The molecule has 0 atom stereocenters. The predicted octanol–water partition coefficient (Wildman–Crippen LogP) is 4.01. The molecule has 0 N–H and O–H groups in total. The summed E-state index contributed by atoms with van der Waals surface area (Å²) in [5.41, 5.74) is 4.92. The summed E-state index contributed by atoms with van der Waals surface area (Å²) in [5.74, 6) is 1.62. The van der Waals surface area contributed by atoms with Crippen molar-refractivity contribution >= 4 is 6.29 Å². The lowest BCUT2D eigenvalue weighted by atomic mass is 10.1. The monoisotopic (exact) mass is 284 g/mol. The lowest BCUT2D eigenvalue weighted by Gasteiger charge is -2.15. The molecule has 0 aliphatic heterocycles. The first-order valence-electron chi connectivity index (χ1n) is 6.88. The summed E-state index contributed by atoms with van der Waals surface area (Å²) in [7, 11) is 1.61. The van der Waals surface area contributed by atoms with Crippen molar-refractivity contribution in [3.8, 4) is 11.5 Å². The van der Waals surface area contributed by atoms with E-state index in [-0.39, 0.29) is 0 Å². The smallest absolute Gasteiger partial charge is 0.150 e. The largest absolute Gasteiger partial charge is 0.496 e. The molecule has 0 unspecified atom stereocenters. The molecule has 2 rings (SSSR count). The lowest BCUT2D eigenvalue weighted by Crippen LogP contribution is -2.02. The van der Waals surface area contributed by atoms with Gasteiger partial charge in [-0.1, -0.05) is 12.1 Å². The van der Waals surface area contributed by atoms with Crippen molar-refractivity contribution in [3.63, 3.8) is 0 Å². The Bertz CT molecular complexity index is 660. The first-order valence-corrected chi connectivity index (χ1v) is 6.88.